The molecular weight excluding hydrogens is 383 g/mol. The third-order valence-corrected chi connectivity index (χ3v) is 4.94. The molecule has 1 saturated heterocycles. The van der Waals surface area contributed by atoms with E-state index in [9.17, 15) is 18.0 Å². The van der Waals surface area contributed by atoms with E-state index in [4.69, 9.17) is 4.52 Å². The predicted octanol–water partition coefficient (Wildman–Crippen LogP) is 4.58. The molecule has 1 aliphatic rings. The molecule has 0 aliphatic carbocycles. The Labute approximate surface area is 165 Å². The summed E-state index contributed by atoms with van der Waals surface area (Å²) in [6.45, 7) is 2.60. The molecule has 1 fully saturated rings. The van der Waals surface area contributed by atoms with Crippen molar-refractivity contribution in [2.45, 2.75) is 32.0 Å². The zero-order chi connectivity index (χ0) is 20.6. The average Bonchev–Trinajstić information content (AvgIpc) is 3.29. The van der Waals surface area contributed by atoms with Crippen molar-refractivity contribution < 1.29 is 22.5 Å². The van der Waals surface area contributed by atoms with E-state index >= 15 is 0 Å². The third kappa shape index (κ3) is 4.16. The highest BCUT2D eigenvalue weighted by Gasteiger charge is 2.35. The fourth-order valence-electron chi connectivity index (χ4n) is 3.41. The lowest BCUT2D eigenvalue weighted by atomic mass is 10.1. The van der Waals surface area contributed by atoms with E-state index < -0.39 is 11.7 Å². The number of alkyl halides is 3. The number of halogens is 3. The van der Waals surface area contributed by atoms with E-state index in [0.717, 1.165) is 23.3 Å². The van der Waals surface area contributed by atoms with Crippen LogP contribution in [0.15, 0.2) is 53.1 Å². The molecule has 5 nitrogen and oxygen atoms in total. The summed E-state index contributed by atoms with van der Waals surface area (Å²) in [6, 6.07) is 12.6. The number of likely N-dealkylation sites (tertiary alicyclic amines) is 1. The molecule has 1 unspecified atom stereocenters. The molecule has 0 bridgehead atoms. The summed E-state index contributed by atoms with van der Waals surface area (Å²) in [4.78, 5) is 18.4. The number of rotatable bonds is 4. The maximum absolute atomic E-state index is 12.7. The number of nitrogens with zero attached hydrogens (tertiary/aromatic N) is 3. The van der Waals surface area contributed by atoms with Crippen molar-refractivity contribution in [1.29, 1.82) is 0 Å². The Kier molecular flexibility index (Phi) is 4.86. The second kappa shape index (κ2) is 7.35. The van der Waals surface area contributed by atoms with Gasteiger partial charge in [0.2, 0.25) is 17.6 Å². The van der Waals surface area contributed by atoms with Gasteiger partial charge in [0.1, 0.15) is 0 Å². The van der Waals surface area contributed by atoms with Gasteiger partial charge in [0.15, 0.2) is 0 Å². The molecule has 0 saturated carbocycles. The fourth-order valence-corrected chi connectivity index (χ4v) is 3.41. The van der Waals surface area contributed by atoms with E-state index in [0.29, 0.717) is 23.8 Å². The Hall–Kier alpha value is -3.16. The van der Waals surface area contributed by atoms with Crippen molar-refractivity contribution in [3.8, 4) is 11.4 Å². The van der Waals surface area contributed by atoms with Crippen molar-refractivity contribution in [1.82, 2.24) is 15.0 Å². The van der Waals surface area contributed by atoms with Gasteiger partial charge in [-0.1, -0.05) is 41.1 Å². The largest absolute Gasteiger partial charge is 0.416 e. The average molecular weight is 401 g/mol. The number of carbonyl (C=O) groups excluding carboxylic acids is 1. The van der Waals surface area contributed by atoms with Crippen LogP contribution in [0.4, 0.5) is 13.2 Å². The molecule has 1 amide bonds. The van der Waals surface area contributed by atoms with Crippen LogP contribution in [-0.4, -0.2) is 27.5 Å². The molecule has 1 atom stereocenters. The first kappa shape index (κ1) is 19.2. The minimum atomic E-state index is -4.37. The highest BCUT2D eigenvalue weighted by molar-refractivity contribution is 5.79. The van der Waals surface area contributed by atoms with Crippen molar-refractivity contribution in [2.75, 3.05) is 6.54 Å². The normalized spacial score (nSPS) is 17.2. The van der Waals surface area contributed by atoms with Crippen LogP contribution >= 0.6 is 0 Å². The van der Waals surface area contributed by atoms with Gasteiger partial charge < -0.3 is 9.42 Å². The fraction of sp³-hybridized carbons (Fsp3) is 0.286. The van der Waals surface area contributed by atoms with Gasteiger partial charge in [-0.05, 0) is 30.7 Å². The van der Waals surface area contributed by atoms with Crippen LogP contribution in [0.3, 0.4) is 0 Å². The molecule has 2 aromatic carbocycles. The van der Waals surface area contributed by atoms with Crippen LogP contribution in [0.2, 0.25) is 0 Å². The monoisotopic (exact) mass is 401 g/mol. The number of amides is 1. The molecule has 150 valence electrons. The minimum absolute atomic E-state index is 0.0924. The molecule has 1 aromatic heterocycles. The van der Waals surface area contributed by atoms with Crippen molar-refractivity contribution in [3.63, 3.8) is 0 Å². The van der Waals surface area contributed by atoms with Gasteiger partial charge in [-0.15, -0.1) is 0 Å². The van der Waals surface area contributed by atoms with Crippen LogP contribution in [0.25, 0.3) is 11.4 Å². The van der Waals surface area contributed by atoms with E-state index in [2.05, 4.69) is 10.1 Å². The van der Waals surface area contributed by atoms with Crippen LogP contribution in [-0.2, 0) is 17.5 Å². The Morgan fingerprint density at radius 1 is 1.17 bits per heavy atom. The number of aryl methyl sites for hydroxylation is 1. The van der Waals surface area contributed by atoms with Crippen LogP contribution in [0, 0.1) is 6.92 Å². The van der Waals surface area contributed by atoms with Crippen molar-refractivity contribution in [2.24, 2.45) is 0 Å². The lowest BCUT2D eigenvalue weighted by Gasteiger charge is -2.16. The van der Waals surface area contributed by atoms with E-state index in [-0.39, 0.29) is 24.8 Å². The van der Waals surface area contributed by atoms with Gasteiger partial charge in [-0.2, -0.15) is 18.2 Å². The predicted molar refractivity (Wildman–Crippen MR) is 98.7 cm³/mol. The third-order valence-electron chi connectivity index (χ3n) is 4.94. The quantitative estimate of drug-likeness (QED) is 0.642. The van der Waals surface area contributed by atoms with Gasteiger partial charge in [0.25, 0.3) is 0 Å². The van der Waals surface area contributed by atoms with Crippen molar-refractivity contribution in [3.05, 3.63) is 71.1 Å². The summed E-state index contributed by atoms with van der Waals surface area (Å²) in [5, 5.41) is 4.02. The standard InChI is InChI=1S/C21H18F3N3O2/c1-13-3-2-4-15(9-13)19-25-20(29-26-19)16-10-18(28)27(12-16)11-14-5-7-17(8-6-14)21(22,23)24/h2-9,16H,10-12H2,1H3. The van der Waals surface area contributed by atoms with Gasteiger partial charge in [0.05, 0.1) is 11.5 Å². The first-order valence-electron chi connectivity index (χ1n) is 9.14. The first-order valence-corrected chi connectivity index (χ1v) is 9.14. The first-order chi connectivity index (χ1) is 13.8. The maximum atomic E-state index is 12.7. The molecule has 0 spiro atoms. The highest BCUT2D eigenvalue weighted by atomic mass is 19.4. The molecular formula is C21H18F3N3O2. The summed E-state index contributed by atoms with van der Waals surface area (Å²) in [5.74, 6) is 0.537. The molecule has 2 heterocycles. The molecule has 1 aliphatic heterocycles. The molecule has 29 heavy (non-hydrogen) atoms. The highest BCUT2D eigenvalue weighted by Crippen LogP contribution is 2.31. The Morgan fingerprint density at radius 2 is 1.93 bits per heavy atom. The zero-order valence-corrected chi connectivity index (χ0v) is 15.6. The second-order valence-corrected chi connectivity index (χ2v) is 7.20. The molecule has 0 N–H and O–H groups in total. The molecule has 4 rings (SSSR count). The minimum Gasteiger partial charge on any atom is -0.339 e. The number of aromatic nitrogens is 2. The topological polar surface area (TPSA) is 59.2 Å². The van der Waals surface area contributed by atoms with Gasteiger partial charge in [0, 0.05) is 25.1 Å². The summed E-state index contributed by atoms with van der Waals surface area (Å²) in [5.41, 5.74) is 1.85. The second-order valence-electron chi connectivity index (χ2n) is 7.20. The summed E-state index contributed by atoms with van der Waals surface area (Å²) in [7, 11) is 0. The Morgan fingerprint density at radius 3 is 2.62 bits per heavy atom. The Bertz CT molecular complexity index is 1030. The van der Waals surface area contributed by atoms with Gasteiger partial charge in [-0.25, -0.2) is 0 Å². The SMILES string of the molecule is Cc1cccc(-c2noc(C3CC(=O)N(Cc4ccc(C(F)(F)F)cc4)C3)n2)c1. The molecule has 8 heteroatoms. The number of carbonyl (C=O) groups is 1. The summed E-state index contributed by atoms with van der Waals surface area (Å²) in [6.07, 6.45) is -4.14. The van der Waals surface area contributed by atoms with Crippen molar-refractivity contribution >= 4 is 5.91 Å². The Balaban J connectivity index is 1.44. The molecule has 3 aromatic rings. The zero-order valence-electron chi connectivity index (χ0n) is 15.6. The van der Waals surface area contributed by atoms with E-state index in [1.54, 1.807) is 4.90 Å². The van der Waals surface area contributed by atoms with Crippen LogP contribution in [0.1, 0.15) is 34.9 Å². The number of hydrogen-bond acceptors (Lipinski definition) is 4. The van der Waals surface area contributed by atoms with Gasteiger partial charge in [-0.3, -0.25) is 4.79 Å². The lowest BCUT2D eigenvalue weighted by Crippen LogP contribution is -2.24. The summed E-state index contributed by atoms with van der Waals surface area (Å²) >= 11 is 0. The van der Waals surface area contributed by atoms with Crippen LogP contribution in [0.5, 0.6) is 0 Å². The van der Waals surface area contributed by atoms with E-state index in [1.807, 2.05) is 31.2 Å². The smallest absolute Gasteiger partial charge is 0.339 e. The number of benzene rings is 2. The lowest BCUT2D eigenvalue weighted by molar-refractivity contribution is -0.137. The molecule has 0 radical (unpaired) electrons. The van der Waals surface area contributed by atoms with E-state index in [1.165, 1.54) is 12.1 Å². The van der Waals surface area contributed by atoms with Crippen LogP contribution < -0.4 is 0 Å². The summed E-state index contributed by atoms with van der Waals surface area (Å²) < 4.78 is 43.4. The maximum Gasteiger partial charge on any atom is 0.416 e. The van der Waals surface area contributed by atoms with Gasteiger partial charge >= 0.3 is 6.18 Å². The number of hydrogen-bond donors (Lipinski definition) is 0.